The van der Waals surface area contributed by atoms with Gasteiger partial charge in [-0.1, -0.05) is 51.1 Å². The fourth-order valence-corrected chi connectivity index (χ4v) is 4.37. The van der Waals surface area contributed by atoms with Gasteiger partial charge in [0.15, 0.2) is 0 Å². The van der Waals surface area contributed by atoms with Crippen molar-refractivity contribution in [2.24, 2.45) is 5.92 Å². The third-order valence-electron chi connectivity index (χ3n) is 6.00. The molecule has 1 aromatic heterocycles. The molecular formula is C26H31NO3. The van der Waals surface area contributed by atoms with Gasteiger partial charge in [-0.05, 0) is 55.6 Å². The third kappa shape index (κ3) is 4.44. The average Bonchev–Trinajstić information content (AvgIpc) is 2.71. The summed E-state index contributed by atoms with van der Waals surface area (Å²) in [5, 5.41) is 0.917. The molecule has 0 saturated carbocycles. The number of rotatable bonds is 4. The van der Waals surface area contributed by atoms with Gasteiger partial charge in [-0.3, -0.25) is 0 Å². The van der Waals surface area contributed by atoms with Crippen molar-refractivity contribution in [2.45, 2.75) is 45.1 Å². The maximum absolute atomic E-state index is 12.5. The molecule has 1 aliphatic heterocycles. The van der Waals surface area contributed by atoms with Crippen LogP contribution in [-0.2, 0) is 5.41 Å². The summed E-state index contributed by atoms with van der Waals surface area (Å²) in [7, 11) is 2.17. The molecule has 0 bridgehead atoms. The van der Waals surface area contributed by atoms with Gasteiger partial charge in [-0.2, -0.15) is 0 Å². The van der Waals surface area contributed by atoms with Crippen molar-refractivity contribution in [2.75, 3.05) is 20.1 Å². The second kappa shape index (κ2) is 8.27. The van der Waals surface area contributed by atoms with E-state index in [2.05, 4.69) is 36.2 Å². The van der Waals surface area contributed by atoms with E-state index in [1.807, 2.05) is 51.1 Å². The van der Waals surface area contributed by atoms with Crippen LogP contribution in [0.3, 0.4) is 0 Å². The van der Waals surface area contributed by atoms with Crippen molar-refractivity contribution < 1.29 is 9.15 Å². The van der Waals surface area contributed by atoms with Crippen LogP contribution in [0.25, 0.3) is 11.0 Å². The largest absolute Gasteiger partial charge is 0.485 e. The first kappa shape index (κ1) is 20.7. The van der Waals surface area contributed by atoms with Gasteiger partial charge in [0.1, 0.15) is 17.4 Å². The summed E-state index contributed by atoms with van der Waals surface area (Å²) in [5.74, 6) is 1.15. The van der Waals surface area contributed by atoms with E-state index in [0.717, 1.165) is 30.6 Å². The van der Waals surface area contributed by atoms with E-state index < -0.39 is 0 Å². The number of likely N-dealkylation sites (tertiary alicyclic amines) is 1. The van der Waals surface area contributed by atoms with Gasteiger partial charge >= 0.3 is 5.63 Å². The van der Waals surface area contributed by atoms with Crippen molar-refractivity contribution in [3.05, 3.63) is 76.1 Å². The van der Waals surface area contributed by atoms with E-state index in [1.54, 1.807) is 0 Å². The van der Waals surface area contributed by atoms with Crippen LogP contribution < -0.4 is 10.4 Å². The number of hydrogen-bond donors (Lipinski definition) is 0. The Morgan fingerprint density at radius 3 is 2.57 bits per heavy atom. The SMILES string of the molecule is CN1CCCC(C(Oc2ccc3cc(C(C)(C)C)c(=O)oc3c2)c2ccccc2)C1. The molecule has 0 amide bonds. The molecule has 4 nitrogen and oxygen atoms in total. The van der Waals surface area contributed by atoms with Gasteiger partial charge in [0.05, 0.1) is 0 Å². The molecule has 4 rings (SSSR count). The highest BCUT2D eigenvalue weighted by molar-refractivity contribution is 5.78. The number of fused-ring (bicyclic) bond motifs is 1. The van der Waals surface area contributed by atoms with Gasteiger partial charge < -0.3 is 14.1 Å². The highest BCUT2D eigenvalue weighted by Gasteiger charge is 2.29. The first-order chi connectivity index (χ1) is 14.3. The van der Waals surface area contributed by atoms with E-state index in [4.69, 9.17) is 9.15 Å². The van der Waals surface area contributed by atoms with Crippen LogP contribution >= 0.6 is 0 Å². The summed E-state index contributed by atoms with van der Waals surface area (Å²) < 4.78 is 12.2. The smallest absolute Gasteiger partial charge is 0.339 e. The van der Waals surface area contributed by atoms with E-state index in [-0.39, 0.29) is 17.1 Å². The predicted octanol–water partition coefficient (Wildman–Crippen LogP) is 5.55. The minimum atomic E-state index is -0.277. The minimum absolute atomic E-state index is 0.0352. The van der Waals surface area contributed by atoms with Gasteiger partial charge in [-0.25, -0.2) is 4.79 Å². The molecule has 2 unspecified atom stereocenters. The van der Waals surface area contributed by atoms with Gasteiger partial charge in [0, 0.05) is 29.5 Å². The average molecular weight is 406 g/mol. The van der Waals surface area contributed by atoms with E-state index in [1.165, 1.54) is 12.0 Å². The summed E-state index contributed by atoms with van der Waals surface area (Å²) in [4.78, 5) is 14.9. The van der Waals surface area contributed by atoms with E-state index in [9.17, 15) is 4.79 Å². The molecule has 1 saturated heterocycles. The Hall–Kier alpha value is -2.59. The Kier molecular flexibility index (Phi) is 5.70. The molecule has 30 heavy (non-hydrogen) atoms. The number of benzene rings is 2. The molecule has 0 radical (unpaired) electrons. The molecular weight excluding hydrogens is 374 g/mol. The fourth-order valence-electron chi connectivity index (χ4n) is 4.37. The van der Waals surface area contributed by atoms with Crippen LogP contribution in [0, 0.1) is 5.92 Å². The van der Waals surface area contributed by atoms with Crippen molar-refractivity contribution in [3.63, 3.8) is 0 Å². The van der Waals surface area contributed by atoms with Crippen LogP contribution in [0.1, 0.15) is 50.8 Å². The topological polar surface area (TPSA) is 42.7 Å². The van der Waals surface area contributed by atoms with E-state index in [0.29, 0.717) is 17.1 Å². The molecule has 4 heteroatoms. The Morgan fingerprint density at radius 1 is 1.10 bits per heavy atom. The van der Waals surface area contributed by atoms with Crippen LogP contribution in [-0.4, -0.2) is 25.0 Å². The van der Waals surface area contributed by atoms with Gasteiger partial charge in [-0.15, -0.1) is 0 Å². The lowest BCUT2D eigenvalue weighted by atomic mass is 9.88. The maximum Gasteiger partial charge on any atom is 0.339 e. The molecule has 3 aromatic rings. The zero-order valence-corrected chi connectivity index (χ0v) is 18.4. The highest BCUT2D eigenvalue weighted by atomic mass is 16.5. The lowest BCUT2D eigenvalue weighted by Gasteiger charge is -2.35. The van der Waals surface area contributed by atoms with Crippen molar-refractivity contribution in [1.82, 2.24) is 4.90 Å². The fraction of sp³-hybridized carbons (Fsp3) is 0.423. The van der Waals surface area contributed by atoms with Crippen molar-refractivity contribution in [3.8, 4) is 5.75 Å². The first-order valence-electron chi connectivity index (χ1n) is 10.8. The van der Waals surface area contributed by atoms with Crippen molar-refractivity contribution in [1.29, 1.82) is 0 Å². The van der Waals surface area contributed by atoms with E-state index >= 15 is 0 Å². The molecule has 2 atom stereocenters. The summed E-state index contributed by atoms with van der Waals surface area (Å²) >= 11 is 0. The number of piperidine rings is 1. The molecule has 0 spiro atoms. The molecule has 2 heterocycles. The number of ether oxygens (including phenoxy) is 1. The van der Waals surface area contributed by atoms with Gasteiger partial charge in [0.25, 0.3) is 0 Å². The first-order valence-corrected chi connectivity index (χ1v) is 10.8. The summed E-state index contributed by atoms with van der Waals surface area (Å²) in [6.07, 6.45) is 2.28. The normalized spacial score (nSPS) is 19.0. The zero-order valence-electron chi connectivity index (χ0n) is 18.4. The van der Waals surface area contributed by atoms with Crippen LogP contribution in [0.15, 0.2) is 63.8 Å². The Labute approximate surface area is 178 Å². The Balaban J connectivity index is 1.68. The molecule has 1 aliphatic rings. The number of hydrogen-bond acceptors (Lipinski definition) is 4. The van der Waals surface area contributed by atoms with Gasteiger partial charge in [0.2, 0.25) is 0 Å². The van der Waals surface area contributed by atoms with Crippen molar-refractivity contribution >= 4 is 11.0 Å². The molecule has 158 valence electrons. The monoisotopic (exact) mass is 405 g/mol. The second-order valence-electron chi connectivity index (χ2n) is 9.51. The quantitative estimate of drug-likeness (QED) is 0.534. The number of nitrogens with zero attached hydrogens (tertiary/aromatic N) is 1. The zero-order chi connectivity index (χ0) is 21.3. The molecule has 1 fully saturated rings. The molecule has 2 aromatic carbocycles. The lowest BCUT2D eigenvalue weighted by molar-refractivity contribution is 0.0777. The summed E-state index contributed by atoms with van der Waals surface area (Å²) in [6.45, 7) is 8.21. The predicted molar refractivity (Wildman–Crippen MR) is 121 cm³/mol. The molecule has 0 aliphatic carbocycles. The standard InChI is InChI=1S/C26H31NO3/c1-26(2,3)22-15-19-12-13-21(16-23(19)30-25(22)28)29-24(18-9-6-5-7-10-18)20-11-8-14-27(4)17-20/h5-7,9-10,12-13,15-16,20,24H,8,11,14,17H2,1-4H3. The van der Waals surface area contributed by atoms with Crippen LogP contribution in [0.2, 0.25) is 0 Å². The minimum Gasteiger partial charge on any atom is -0.485 e. The lowest BCUT2D eigenvalue weighted by Crippen LogP contribution is -2.36. The summed E-state index contributed by atoms with van der Waals surface area (Å²) in [5.41, 5.74) is 1.91. The summed E-state index contributed by atoms with van der Waals surface area (Å²) in [6, 6.07) is 18.2. The third-order valence-corrected chi connectivity index (χ3v) is 6.00. The Morgan fingerprint density at radius 2 is 1.87 bits per heavy atom. The highest BCUT2D eigenvalue weighted by Crippen LogP contribution is 2.35. The Bertz CT molecular complexity index is 1070. The maximum atomic E-state index is 12.5. The molecule has 0 N–H and O–H groups in total. The van der Waals surface area contributed by atoms with Crippen LogP contribution in [0.4, 0.5) is 0 Å². The van der Waals surface area contributed by atoms with Crippen LogP contribution in [0.5, 0.6) is 5.75 Å². The second-order valence-corrected chi connectivity index (χ2v) is 9.51.